The van der Waals surface area contributed by atoms with Gasteiger partial charge in [0.05, 0.1) is 0 Å². The highest BCUT2D eigenvalue weighted by Gasteiger charge is 2.15. The molecule has 0 unspecified atom stereocenters. The molecule has 2 aromatic rings. The molecular weight excluding hydrogens is 235 g/mol. The quantitative estimate of drug-likeness (QED) is 0.573. The van der Waals surface area contributed by atoms with Gasteiger partial charge in [0, 0.05) is 13.0 Å². The van der Waals surface area contributed by atoms with Crippen molar-refractivity contribution in [3.8, 4) is 0 Å². The van der Waals surface area contributed by atoms with E-state index in [0.29, 0.717) is 22.2 Å². The van der Waals surface area contributed by atoms with Crippen LogP contribution in [0.25, 0.3) is 11.2 Å². The molecule has 0 N–H and O–H groups in total. The van der Waals surface area contributed by atoms with Crippen molar-refractivity contribution in [2.75, 3.05) is 0 Å². The lowest BCUT2D eigenvalue weighted by Gasteiger charge is -2.03. The Hall–Kier alpha value is -0.870. The Balaban J connectivity index is 2.82. The molecule has 0 aromatic carbocycles. The van der Waals surface area contributed by atoms with Crippen LogP contribution in [0.4, 0.5) is 0 Å². The Morgan fingerprint density at radius 2 is 1.80 bits per heavy atom. The van der Waals surface area contributed by atoms with E-state index in [4.69, 9.17) is 23.2 Å². The van der Waals surface area contributed by atoms with Crippen molar-refractivity contribution in [1.82, 2.24) is 19.5 Å². The van der Waals surface area contributed by atoms with Gasteiger partial charge in [0.25, 0.3) is 0 Å². The number of hydrogen-bond acceptors (Lipinski definition) is 3. The third-order valence-electron chi connectivity index (χ3n) is 2.20. The van der Waals surface area contributed by atoms with Gasteiger partial charge in [-0.1, -0.05) is 25.4 Å². The van der Waals surface area contributed by atoms with Crippen LogP contribution in [0.1, 0.15) is 25.6 Å². The summed E-state index contributed by atoms with van der Waals surface area (Å²) < 4.78 is 1.89. The minimum Gasteiger partial charge on any atom is -0.315 e. The minimum atomic E-state index is 0.144. The van der Waals surface area contributed by atoms with E-state index in [1.807, 2.05) is 11.6 Å². The Bertz CT molecular complexity index is 518. The molecule has 0 radical (unpaired) electrons. The zero-order chi connectivity index (χ0) is 11.2. The van der Waals surface area contributed by atoms with E-state index in [1.54, 1.807) is 0 Å². The van der Waals surface area contributed by atoms with Crippen molar-refractivity contribution < 1.29 is 0 Å². The summed E-state index contributed by atoms with van der Waals surface area (Å²) in [7, 11) is 1.89. The van der Waals surface area contributed by atoms with Crippen molar-refractivity contribution in [2.45, 2.75) is 19.8 Å². The molecule has 0 aliphatic carbocycles. The van der Waals surface area contributed by atoms with E-state index in [-0.39, 0.29) is 5.28 Å². The zero-order valence-corrected chi connectivity index (χ0v) is 10.1. The van der Waals surface area contributed by atoms with Gasteiger partial charge in [0.15, 0.2) is 10.8 Å². The molecule has 2 heterocycles. The predicted molar refractivity (Wildman–Crippen MR) is 60.4 cm³/mol. The number of hydrogen-bond donors (Lipinski definition) is 0. The predicted octanol–water partition coefficient (Wildman–Crippen LogP) is 2.79. The molecule has 0 saturated heterocycles. The Morgan fingerprint density at radius 1 is 1.13 bits per heavy atom. The number of rotatable bonds is 1. The first-order valence-electron chi connectivity index (χ1n) is 4.56. The van der Waals surface area contributed by atoms with Gasteiger partial charge in [-0.2, -0.15) is 4.98 Å². The van der Waals surface area contributed by atoms with Gasteiger partial charge in [0.1, 0.15) is 11.3 Å². The summed E-state index contributed by atoms with van der Waals surface area (Å²) in [6.07, 6.45) is 0. The normalized spacial score (nSPS) is 11.6. The van der Waals surface area contributed by atoms with Gasteiger partial charge in [-0.25, -0.2) is 9.97 Å². The summed E-state index contributed by atoms with van der Waals surface area (Å²) in [5.41, 5.74) is 1.27. The van der Waals surface area contributed by atoms with Crippen molar-refractivity contribution in [2.24, 2.45) is 7.05 Å². The van der Waals surface area contributed by atoms with E-state index >= 15 is 0 Å². The molecule has 0 amide bonds. The lowest BCUT2D eigenvalue weighted by molar-refractivity contribution is 0.719. The molecule has 0 aliphatic heterocycles. The Labute approximate surface area is 97.3 Å². The summed E-state index contributed by atoms with van der Waals surface area (Å²) in [5, 5.41) is 0.443. The molecule has 80 valence electrons. The van der Waals surface area contributed by atoms with Gasteiger partial charge in [-0.3, -0.25) is 0 Å². The van der Waals surface area contributed by atoms with Crippen LogP contribution in [0, 0.1) is 0 Å². The number of aromatic nitrogens is 4. The molecule has 0 aliphatic rings. The lowest BCUT2D eigenvalue weighted by atomic mass is 10.2. The highest BCUT2D eigenvalue weighted by molar-refractivity contribution is 6.35. The van der Waals surface area contributed by atoms with Crippen molar-refractivity contribution in [3.63, 3.8) is 0 Å². The topological polar surface area (TPSA) is 43.6 Å². The van der Waals surface area contributed by atoms with Crippen molar-refractivity contribution >= 4 is 34.4 Å². The van der Waals surface area contributed by atoms with Gasteiger partial charge < -0.3 is 4.57 Å². The third-order valence-corrected chi connectivity index (χ3v) is 2.63. The van der Waals surface area contributed by atoms with Gasteiger partial charge in [-0.05, 0) is 11.6 Å². The molecule has 2 aromatic heterocycles. The molecule has 0 fully saturated rings. The largest absolute Gasteiger partial charge is 0.315 e. The fourth-order valence-corrected chi connectivity index (χ4v) is 1.95. The summed E-state index contributed by atoms with van der Waals surface area (Å²) in [6, 6.07) is 0. The summed E-state index contributed by atoms with van der Waals surface area (Å²) >= 11 is 11.7. The van der Waals surface area contributed by atoms with E-state index in [9.17, 15) is 0 Å². The van der Waals surface area contributed by atoms with E-state index in [2.05, 4.69) is 28.8 Å². The highest BCUT2D eigenvalue weighted by atomic mass is 35.5. The number of halogens is 2. The first-order chi connectivity index (χ1) is 7.00. The second-order valence-electron chi connectivity index (χ2n) is 3.64. The van der Waals surface area contributed by atoms with Crippen molar-refractivity contribution in [1.29, 1.82) is 0 Å². The molecule has 0 atom stereocenters. The van der Waals surface area contributed by atoms with Gasteiger partial charge in [-0.15, -0.1) is 0 Å². The number of imidazole rings is 1. The fraction of sp³-hybridized carbons (Fsp3) is 0.444. The van der Waals surface area contributed by atoms with E-state index < -0.39 is 0 Å². The molecule has 6 heteroatoms. The summed E-state index contributed by atoms with van der Waals surface area (Å²) in [6.45, 7) is 4.12. The number of aryl methyl sites for hydroxylation is 1. The van der Waals surface area contributed by atoms with Crippen LogP contribution in [0.15, 0.2) is 0 Å². The zero-order valence-electron chi connectivity index (χ0n) is 8.62. The maximum atomic E-state index is 5.94. The smallest absolute Gasteiger partial charge is 0.225 e. The summed E-state index contributed by atoms with van der Waals surface area (Å²) in [5.74, 6) is 1.22. The lowest BCUT2D eigenvalue weighted by Crippen LogP contribution is -2.00. The number of nitrogens with zero attached hydrogens (tertiary/aromatic N) is 4. The highest BCUT2D eigenvalue weighted by Crippen LogP contribution is 2.24. The minimum absolute atomic E-state index is 0.144. The Morgan fingerprint density at radius 3 is 2.40 bits per heavy atom. The SMILES string of the molecule is CC(C)c1nc2c(Cl)nc(Cl)nc2n1C. The van der Waals surface area contributed by atoms with Crippen LogP contribution in [0.3, 0.4) is 0 Å². The first-order valence-corrected chi connectivity index (χ1v) is 5.31. The standard InChI is InChI=1S/C9H10Cl2N4/c1-4(2)7-12-5-6(10)13-9(11)14-8(5)15(7)3/h4H,1-3H3. The van der Waals surface area contributed by atoms with Crippen LogP contribution in [0.5, 0.6) is 0 Å². The van der Waals surface area contributed by atoms with Gasteiger partial charge >= 0.3 is 0 Å². The Kier molecular flexibility index (Phi) is 2.56. The van der Waals surface area contributed by atoms with E-state index in [0.717, 1.165) is 5.82 Å². The van der Waals surface area contributed by atoms with Crippen LogP contribution in [0.2, 0.25) is 10.4 Å². The second-order valence-corrected chi connectivity index (χ2v) is 4.34. The summed E-state index contributed by atoms with van der Waals surface area (Å²) in [4.78, 5) is 12.4. The molecule has 4 nitrogen and oxygen atoms in total. The molecular formula is C9H10Cl2N4. The van der Waals surface area contributed by atoms with Crippen LogP contribution >= 0.6 is 23.2 Å². The van der Waals surface area contributed by atoms with E-state index in [1.165, 1.54) is 0 Å². The molecule has 0 spiro atoms. The molecule has 0 bridgehead atoms. The van der Waals surface area contributed by atoms with Crippen molar-refractivity contribution in [3.05, 3.63) is 16.3 Å². The second kappa shape index (κ2) is 3.61. The number of fused-ring (bicyclic) bond motifs is 1. The van der Waals surface area contributed by atoms with Crippen LogP contribution in [-0.4, -0.2) is 19.5 Å². The first kappa shape index (κ1) is 10.6. The third kappa shape index (κ3) is 1.68. The molecule has 0 saturated carbocycles. The molecule has 2 rings (SSSR count). The molecule has 15 heavy (non-hydrogen) atoms. The maximum absolute atomic E-state index is 5.94. The monoisotopic (exact) mass is 244 g/mol. The average Bonchev–Trinajstić information content (AvgIpc) is 2.44. The maximum Gasteiger partial charge on any atom is 0.225 e. The fourth-order valence-electron chi connectivity index (χ4n) is 1.54. The van der Waals surface area contributed by atoms with Crippen LogP contribution in [-0.2, 0) is 7.05 Å². The van der Waals surface area contributed by atoms with Gasteiger partial charge in [0.2, 0.25) is 5.28 Å². The van der Waals surface area contributed by atoms with Crippen LogP contribution < -0.4 is 0 Å². The average molecular weight is 245 g/mol.